The van der Waals surface area contributed by atoms with Gasteiger partial charge in [-0.3, -0.25) is 9.58 Å². The summed E-state index contributed by atoms with van der Waals surface area (Å²) in [7, 11) is 1.79. The number of thioether (sulfide) groups is 1. The zero-order valence-electron chi connectivity index (χ0n) is 10.7. The van der Waals surface area contributed by atoms with E-state index in [9.17, 15) is 9.59 Å². The van der Waals surface area contributed by atoms with Crippen LogP contribution in [0.5, 0.6) is 0 Å². The van der Waals surface area contributed by atoms with Crippen LogP contribution in [0.25, 0.3) is 0 Å². The fourth-order valence-corrected chi connectivity index (χ4v) is 3.14. The second-order valence-corrected chi connectivity index (χ2v) is 5.65. The van der Waals surface area contributed by atoms with Crippen molar-refractivity contribution in [2.24, 2.45) is 7.05 Å². The standard InChI is InChI=1S/C11H16N4O3S/c1-7-15(9(6-19-7)10(16)17)11(18)12-5-8-3-4-13-14(8)2/h3-4,7,9H,5-6H2,1-2H3,(H,12,18)(H,16,17). The number of carbonyl (C=O) groups is 2. The molecule has 2 N–H and O–H groups in total. The minimum absolute atomic E-state index is 0.132. The normalized spacial score (nSPS) is 22.5. The van der Waals surface area contributed by atoms with Gasteiger partial charge in [-0.15, -0.1) is 11.8 Å². The van der Waals surface area contributed by atoms with Crippen LogP contribution in [0.15, 0.2) is 12.3 Å². The molecule has 19 heavy (non-hydrogen) atoms. The first-order valence-corrected chi connectivity index (χ1v) is 6.93. The van der Waals surface area contributed by atoms with Crippen LogP contribution >= 0.6 is 11.8 Å². The first-order valence-electron chi connectivity index (χ1n) is 5.88. The van der Waals surface area contributed by atoms with Gasteiger partial charge in [-0.1, -0.05) is 0 Å². The van der Waals surface area contributed by atoms with Crippen molar-refractivity contribution < 1.29 is 14.7 Å². The molecule has 1 aromatic heterocycles. The fourth-order valence-electron chi connectivity index (χ4n) is 1.97. The lowest BCUT2D eigenvalue weighted by Gasteiger charge is -2.25. The summed E-state index contributed by atoms with van der Waals surface area (Å²) in [6.45, 7) is 2.16. The predicted molar refractivity (Wildman–Crippen MR) is 70.6 cm³/mol. The van der Waals surface area contributed by atoms with Gasteiger partial charge in [0.15, 0.2) is 0 Å². The summed E-state index contributed by atoms with van der Waals surface area (Å²) in [6.07, 6.45) is 1.65. The summed E-state index contributed by atoms with van der Waals surface area (Å²) >= 11 is 1.46. The molecule has 2 unspecified atom stereocenters. The summed E-state index contributed by atoms with van der Waals surface area (Å²) in [6, 6.07) is 0.689. The lowest BCUT2D eigenvalue weighted by Crippen LogP contribution is -2.49. The Morgan fingerprint density at radius 3 is 2.95 bits per heavy atom. The van der Waals surface area contributed by atoms with Crippen molar-refractivity contribution in [1.82, 2.24) is 20.0 Å². The maximum atomic E-state index is 12.1. The molecule has 8 heteroatoms. The number of nitrogens with zero attached hydrogens (tertiary/aromatic N) is 3. The largest absolute Gasteiger partial charge is 0.480 e. The van der Waals surface area contributed by atoms with Gasteiger partial charge in [-0.2, -0.15) is 5.10 Å². The van der Waals surface area contributed by atoms with Crippen LogP contribution in [0, 0.1) is 0 Å². The zero-order chi connectivity index (χ0) is 14.0. The second-order valence-electron chi connectivity index (χ2n) is 4.30. The number of hydrogen-bond acceptors (Lipinski definition) is 4. The quantitative estimate of drug-likeness (QED) is 0.843. The van der Waals surface area contributed by atoms with E-state index in [1.807, 2.05) is 6.92 Å². The van der Waals surface area contributed by atoms with Crippen molar-refractivity contribution in [3.05, 3.63) is 18.0 Å². The molecule has 1 aromatic rings. The van der Waals surface area contributed by atoms with Crippen LogP contribution < -0.4 is 5.32 Å². The maximum Gasteiger partial charge on any atom is 0.327 e. The molecule has 2 heterocycles. The Morgan fingerprint density at radius 1 is 1.63 bits per heavy atom. The summed E-state index contributed by atoms with van der Waals surface area (Å²) in [4.78, 5) is 24.6. The highest BCUT2D eigenvalue weighted by molar-refractivity contribution is 8.00. The molecular formula is C11H16N4O3S. The van der Waals surface area contributed by atoms with Crippen LogP contribution in [0.4, 0.5) is 4.79 Å². The van der Waals surface area contributed by atoms with Gasteiger partial charge >= 0.3 is 12.0 Å². The molecule has 2 amide bonds. The average Bonchev–Trinajstić information content (AvgIpc) is 2.92. The van der Waals surface area contributed by atoms with Gasteiger partial charge in [0.25, 0.3) is 0 Å². The summed E-state index contributed by atoms with van der Waals surface area (Å²) < 4.78 is 1.66. The van der Waals surface area contributed by atoms with Crippen LogP contribution in [-0.2, 0) is 18.4 Å². The number of carbonyl (C=O) groups excluding carboxylic acids is 1. The molecule has 2 atom stereocenters. The van der Waals surface area contributed by atoms with Crippen LogP contribution in [0.1, 0.15) is 12.6 Å². The maximum absolute atomic E-state index is 12.1. The topological polar surface area (TPSA) is 87.5 Å². The third-order valence-electron chi connectivity index (χ3n) is 3.09. The summed E-state index contributed by atoms with van der Waals surface area (Å²) in [5.74, 6) is -0.539. The minimum Gasteiger partial charge on any atom is -0.480 e. The molecule has 1 aliphatic heterocycles. The minimum atomic E-state index is -0.965. The van der Waals surface area contributed by atoms with E-state index in [1.54, 1.807) is 24.0 Å². The molecule has 1 fully saturated rings. The molecule has 0 aliphatic carbocycles. The summed E-state index contributed by atoms with van der Waals surface area (Å²) in [5, 5.41) is 15.7. The number of amides is 2. The predicted octanol–water partition coefficient (Wildman–Crippen LogP) is 0.478. The Labute approximate surface area is 115 Å². The molecule has 0 spiro atoms. The van der Waals surface area contributed by atoms with E-state index in [0.29, 0.717) is 12.3 Å². The van der Waals surface area contributed by atoms with Gasteiger partial charge in [0.2, 0.25) is 0 Å². The Morgan fingerprint density at radius 2 is 2.37 bits per heavy atom. The van der Waals surface area contributed by atoms with Crippen molar-refractivity contribution >= 4 is 23.8 Å². The Bertz CT molecular complexity index is 490. The van der Waals surface area contributed by atoms with E-state index < -0.39 is 12.0 Å². The van der Waals surface area contributed by atoms with Crippen molar-refractivity contribution in [2.75, 3.05) is 5.75 Å². The van der Waals surface area contributed by atoms with Crippen LogP contribution in [0.2, 0.25) is 0 Å². The average molecular weight is 284 g/mol. The number of carboxylic acids is 1. The molecule has 104 valence electrons. The van der Waals surface area contributed by atoms with Gasteiger partial charge < -0.3 is 10.4 Å². The number of aryl methyl sites for hydroxylation is 1. The van der Waals surface area contributed by atoms with Gasteiger partial charge in [0.05, 0.1) is 17.6 Å². The van der Waals surface area contributed by atoms with E-state index in [0.717, 1.165) is 5.69 Å². The fraction of sp³-hybridized carbons (Fsp3) is 0.545. The number of aromatic nitrogens is 2. The van der Waals surface area contributed by atoms with E-state index in [1.165, 1.54) is 16.7 Å². The van der Waals surface area contributed by atoms with E-state index in [-0.39, 0.29) is 11.4 Å². The lowest BCUT2D eigenvalue weighted by molar-refractivity contribution is -0.141. The molecule has 2 rings (SSSR count). The highest BCUT2D eigenvalue weighted by Crippen LogP contribution is 2.28. The molecule has 0 radical (unpaired) electrons. The van der Waals surface area contributed by atoms with Gasteiger partial charge in [-0.25, -0.2) is 9.59 Å². The van der Waals surface area contributed by atoms with Gasteiger partial charge in [-0.05, 0) is 13.0 Å². The molecule has 0 saturated carbocycles. The third kappa shape index (κ3) is 2.83. The molecule has 1 aliphatic rings. The molecular weight excluding hydrogens is 268 g/mol. The smallest absolute Gasteiger partial charge is 0.327 e. The summed E-state index contributed by atoms with van der Waals surface area (Å²) in [5.41, 5.74) is 0.861. The van der Waals surface area contributed by atoms with Crippen molar-refractivity contribution in [2.45, 2.75) is 24.9 Å². The van der Waals surface area contributed by atoms with E-state index >= 15 is 0 Å². The highest BCUT2D eigenvalue weighted by atomic mass is 32.2. The van der Waals surface area contributed by atoms with Crippen LogP contribution in [0.3, 0.4) is 0 Å². The Hall–Kier alpha value is -1.70. The Balaban J connectivity index is 1.99. The Kier molecular flexibility index (Phi) is 3.98. The second kappa shape index (κ2) is 5.52. The molecule has 0 aromatic carbocycles. The number of carboxylic acid groups (broad SMARTS) is 1. The SMILES string of the molecule is CC1SCC(C(=O)O)N1C(=O)NCc1ccnn1C. The number of hydrogen-bond donors (Lipinski definition) is 2. The first kappa shape index (κ1) is 13.7. The number of aliphatic carboxylic acids is 1. The monoisotopic (exact) mass is 284 g/mol. The van der Waals surface area contributed by atoms with Crippen molar-refractivity contribution in [3.8, 4) is 0 Å². The van der Waals surface area contributed by atoms with Gasteiger partial charge in [0, 0.05) is 19.0 Å². The van der Waals surface area contributed by atoms with Crippen molar-refractivity contribution in [1.29, 1.82) is 0 Å². The molecule has 1 saturated heterocycles. The lowest BCUT2D eigenvalue weighted by atomic mass is 10.3. The number of rotatable bonds is 3. The molecule has 7 nitrogen and oxygen atoms in total. The number of urea groups is 1. The van der Waals surface area contributed by atoms with Crippen molar-refractivity contribution in [3.63, 3.8) is 0 Å². The van der Waals surface area contributed by atoms with Crippen LogP contribution in [-0.4, -0.2) is 49.0 Å². The molecule has 0 bridgehead atoms. The third-order valence-corrected chi connectivity index (χ3v) is 4.30. The number of nitrogens with one attached hydrogen (secondary N) is 1. The van der Waals surface area contributed by atoms with Gasteiger partial charge in [0.1, 0.15) is 6.04 Å². The zero-order valence-corrected chi connectivity index (χ0v) is 11.6. The van der Waals surface area contributed by atoms with E-state index in [4.69, 9.17) is 5.11 Å². The highest BCUT2D eigenvalue weighted by Gasteiger charge is 2.39. The first-order chi connectivity index (χ1) is 9.00. The van der Waals surface area contributed by atoms with E-state index in [2.05, 4.69) is 10.4 Å².